The van der Waals surface area contributed by atoms with Gasteiger partial charge in [-0.25, -0.2) is 0 Å². The van der Waals surface area contributed by atoms with E-state index < -0.39 is 7.11 Å². The Labute approximate surface area is 250 Å². The highest BCUT2D eigenvalue weighted by Crippen LogP contribution is 2.54. The molecule has 0 aromatic heterocycles. The summed E-state index contributed by atoms with van der Waals surface area (Å²) in [6, 6.07) is 9.68. The second-order valence-electron chi connectivity index (χ2n) is 16.3. The maximum absolute atomic E-state index is 11.8. The van der Waals surface area contributed by atoms with Crippen LogP contribution in [0.15, 0.2) is 24.3 Å². The smallest absolute Gasteiger partial charge is 0.0152 e. The van der Waals surface area contributed by atoms with E-state index in [0.717, 1.165) is 6.42 Å². The molecule has 1 aliphatic heterocycles. The zero-order valence-electron chi connectivity index (χ0n) is 29.4. The molecule has 2 heteroatoms. The van der Waals surface area contributed by atoms with Crippen LogP contribution in [0.1, 0.15) is 168 Å². The lowest BCUT2D eigenvalue weighted by Gasteiger charge is -2.36. The topological polar surface area (TPSA) is 20.2 Å². The molecule has 0 saturated heterocycles. The molecule has 0 radical (unpaired) electrons. The van der Waals surface area contributed by atoms with E-state index in [9.17, 15) is 4.89 Å². The fourth-order valence-corrected chi connectivity index (χ4v) is 7.24. The maximum atomic E-state index is 11.8. The third-order valence-electron chi connectivity index (χ3n) is 7.32. The number of rotatable bonds is 0. The van der Waals surface area contributed by atoms with Crippen molar-refractivity contribution in [1.29, 1.82) is 0 Å². The van der Waals surface area contributed by atoms with Crippen molar-refractivity contribution in [1.82, 2.24) is 0 Å². The molecule has 0 atom stereocenters. The van der Waals surface area contributed by atoms with Crippen molar-refractivity contribution >= 4 is 13.4 Å². The zero-order chi connectivity index (χ0) is 31.5. The lowest BCUT2D eigenvalue weighted by Crippen LogP contribution is -2.23. The standard InChI is InChI=1S/C32H49OP.2C3H8/c1-29(2,3)23-15-21-14-22-16-24(30(4,5)6)18-28(32(10,11)12)26(22)20-34(13,33)19-25(21)27(17-23)31(7,8)9;2*1-3-2/h15-18,33H,13-14,19-20H2,1-12H3;2*3H2,1-2H3. The van der Waals surface area contributed by atoms with Crippen LogP contribution in [0.3, 0.4) is 0 Å². The van der Waals surface area contributed by atoms with Gasteiger partial charge in [0, 0.05) is 19.4 Å². The molecule has 2 aromatic carbocycles. The lowest BCUT2D eigenvalue weighted by molar-refractivity contribution is 0.557. The van der Waals surface area contributed by atoms with Crippen LogP contribution in [0.2, 0.25) is 0 Å². The molecule has 40 heavy (non-hydrogen) atoms. The number of hydrogen-bond acceptors (Lipinski definition) is 1. The van der Waals surface area contributed by atoms with E-state index in [1.807, 2.05) is 0 Å². The first-order valence-electron chi connectivity index (χ1n) is 15.7. The minimum atomic E-state index is -2.43. The molecule has 0 bridgehead atoms. The SMILES string of the molecule is C=P1(O)Cc2c(cc(C(C)(C)C)cc2C(C)(C)C)Cc2cc(C(C)(C)C)cc(C(C)(C)C)c2C1.CCC.CCC. The van der Waals surface area contributed by atoms with E-state index in [1.165, 1.54) is 57.3 Å². The average molecular weight is 569 g/mol. The van der Waals surface area contributed by atoms with E-state index >= 15 is 0 Å². The van der Waals surface area contributed by atoms with Crippen molar-refractivity contribution in [3.05, 3.63) is 68.8 Å². The fourth-order valence-electron chi connectivity index (χ4n) is 5.21. The first-order valence-corrected chi connectivity index (χ1v) is 18.0. The molecular formula is C38H65OP. The van der Waals surface area contributed by atoms with E-state index in [0.29, 0.717) is 12.3 Å². The summed E-state index contributed by atoms with van der Waals surface area (Å²) in [6.45, 7) is 36.1. The summed E-state index contributed by atoms with van der Waals surface area (Å²) in [4.78, 5) is 11.8. The highest BCUT2D eigenvalue weighted by Gasteiger charge is 2.32. The molecule has 1 heterocycles. The summed E-state index contributed by atoms with van der Waals surface area (Å²) in [5.74, 6) is 0. The first-order chi connectivity index (χ1) is 17.9. The summed E-state index contributed by atoms with van der Waals surface area (Å²) in [5.41, 5.74) is 11.1. The third kappa shape index (κ3) is 9.91. The van der Waals surface area contributed by atoms with Crippen LogP contribution in [0.4, 0.5) is 0 Å². The van der Waals surface area contributed by atoms with Gasteiger partial charge in [-0.05, 0) is 72.6 Å². The minimum Gasteiger partial charge on any atom is -0.376 e. The summed E-state index contributed by atoms with van der Waals surface area (Å²) < 4.78 is 0. The van der Waals surface area contributed by atoms with Gasteiger partial charge in [-0.3, -0.25) is 0 Å². The molecule has 0 fully saturated rings. The summed E-state index contributed by atoms with van der Waals surface area (Å²) in [6.07, 6.45) is 9.30. The van der Waals surface area contributed by atoms with Crippen molar-refractivity contribution in [2.24, 2.45) is 0 Å². The van der Waals surface area contributed by atoms with Gasteiger partial charge >= 0.3 is 0 Å². The van der Waals surface area contributed by atoms with Crippen LogP contribution in [0.25, 0.3) is 0 Å². The Hall–Kier alpha value is -1.30. The van der Waals surface area contributed by atoms with Gasteiger partial charge in [0.1, 0.15) is 0 Å². The Morgan fingerprint density at radius 1 is 0.575 bits per heavy atom. The number of hydrogen-bond donors (Lipinski definition) is 1. The quantitative estimate of drug-likeness (QED) is 0.313. The van der Waals surface area contributed by atoms with E-state index in [1.54, 1.807) is 0 Å². The second-order valence-corrected chi connectivity index (χ2v) is 19.1. The van der Waals surface area contributed by atoms with E-state index in [4.69, 9.17) is 0 Å². The van der Waals surface area contributed by atoms with Crippen LogP contribution in [-0.2, 0) is 40.4 Å². The number of benzene rings is 2. The van der Waals surface area contributed by atoms with E-state index in [-0.39, 0.29) is 21.7 Å². The minimum absolute atomic E-state index is 0.0111. The molecule has 0 aliphatic carbocycles. The van der Waals surface area contributed by atoms with Gasteiger partial charge < -0.3 is 4.89 Å². The van der Waals surface area contributed by atoms with Gasteiger partial charge in [0.05, 0.1) is 0 Å². The molecule has 0 saturated carbocycles. The van der Waals surface area contributed by atoms with Gasteiger partial charge in [-0.2, -0.15) is 0 Å². The van der Waals surface area contributed by atoms with Gasteiger partial charge in [-0.1, -0.05) is 154 Å². The lowest BCUT2D eigenvalue weighted by atomic mass is 9.74. The van der Waals surface area contributed by atoms with Crippen LogP contribution in [0, 0.1) is 0 Å². The summed E-state index contributed by atoms with van der Waals surface area (Å²) in [7, 11) is -2.43. The highest BCUT2D eigenvalue weighted by molar-refractivity contribution is 7.66. The Morgan fingerprint density at radius 2 is 0.850 bits per heavy atom. The molecule has 1 nitrogen and oxygen atoms in total. The fraction of sp³-hybridized carbons (Fsp3) is 0.658. The molecule has 2 aromatic rings. The Morgan fingerprint density at radius 3 is 1.07 bits per heavy atom. The Balaban J connectivity index is 0.00000122. The predicted octanol–water partition coefficient (Wildman–Crippen LogP) is 11.7. The molecule has 3 rings (SSSR count). The van der Waals surface area contributed by atoms with Crippen molar-refractivity contribution in [3.8, 4) is 0 Å². The van der Waals surface area contributed by atoms with Gasteiger partial charge in [0.25, 0.3) is 0 Å². The molecular weight excluding hydrogens is 503 g/mol. The largest absolute Gasteiger partial charge is 0.376 e. The van der Waals surface area contributed by atoms with E-state index in [2.05, 4.69) is 141 Å². The van der Waals surface area contributed by atoms with Crippen molar-refractivity contribution in [2.45, 2.75) is 164 Å². The van der Waals surface area contributed by atoms with Crippen LogP contribution < -0.4 is 0 Å². The highest BCUT2D eigenvalue weighted by atomic mass is 31.2. The Bertz CT molecular complexity index is 1080. The average Bonchev–Trinajstić information content (AvgIpc) is 2.72. The number of fused-ring (bicyclic) bond motifs is 2. The van der Waals surface area contributed by atoms with Gasteiger partial charge in [0.15, 0.2) is 0 Å². The molecule has 0 amide bonds. The van der Waals surface area contributed by atoms with Crippen LogP contribution >= 0.6 is 7.11 Å². The third-order valence-corrected chi connectivity index (χ3v) is 9.13. The maximum Gasteiger partial charge on any atom is 0.0152 e. The summed E-state index contributed by atoms with van der Waals surface area (Å²) >= 11 is 0. The molecule has 1 aliphatic rings. The summed E-state index contributed by atoms with van der Waals surface area (Å²) in [5, 5.41) is 0. The van der Waals surface area contributed by atoms with Crippen molar-refractivity contribution < 1.29 is 4.89 Å². The molecule has 228 valence electrons. The van der Waals surface area contributed by atoms with Crippen molar-refractivity contribution in [3.63, 3.8) is 0 Å². The molecule has 0 unspecified atom stereocenters. The van der Waals surface area contributed by atoms with Crippen molar-refractivity contribution in [2.75, 3.05) is 0 Å². The second kappa shape index (κ2) is 13.3. The monoisotopic (exact) mass is 568 g/mol. The normalized spacial score (nSPS) is 15.3. The molecule has 1 N–H and O–H groups in total. The van der Waals surface area contributed by atoms with Crippen LogP contribution in [0.5, 0.6) is 0 Å². The Kier molecular flexibility index (Phi) is 12.2. The predicted molar refractivity (Wildman–Crippen MR) is 186 cm³/mol. The first kappa shape index (κ1) is 36.7. The molecule has 0 spiro atoms. The van der Waals surface area contributed by atoms with Gasteiger partial charge in [-0.15, -0.1) is 0 Å². The zero-order valence-corrected chi connectivity index (χ0v) is 30.3. The van der Waals surface area contributed by atoms with Gasteiger partial charge in [0.2, 0.25) is 0 Å². The van der Waals surface area contributed by atoms with Crippen LogP contribution in [-0.4, -0.2) is 11.2 Å².